The SMILES string of the molecule is CCCCCCCCCCCCSC(=O)CCN(CCCN(C)CCCN(CCC(=O)SCCCCCCCCCCCC)CCC(=O)SCCCCCCCCCCCC)CCC(=O)SCCCCCCCCCCCC. The molecule has 0 rings (SSSR count). The zero-order chi connectivity index (χ0) is 56.9. The summed E-state index contributed by atoms with van der Waals surface area (Å²) in [5, 5.41) is 1.18. The first-order valence-electron chi connectivity index (χ1n) is 34.0. The van der Waals surface area contributed by atoms with Gasteiger partial charge in [-0.1, -0.05) is 306 Å². The van der Waals surface area contributed by atoms with Crippen molar-refractivity contribution in [2.45, 2.75) is 323 Å². The van der Waals surface area contributed by atoms with Gasteiger partial charge < -0.3 is 14.7 Å². The van der Waals surface area contributed by atoms with Gasteiger partial charge in [0, 0.05) is 74.9 Å². The molecule has 0 unspecified atom stereocenters. The normalized spacial score (nSPS) is 11.8. The van der Waals surface area contributed by atoms with E-state index in [-0.39, 0.29) is 0 Å². The van der Waals surface area contributed by atoms with E-state index in [0.29, 0.717) is 46.1 Å². The predicted molar refractivity (Wildman–Crippen MR) is 355 cm³/mol. The highest BCUT2D eigenvalue weighted by molar-refractivity contribution is 8.14. The van der Waals surface area contributed by atoms with E-state index < -0.39 is 0 Å². The van der Waals surface area contributed by atoms with E-state index in [1.807, 2.05) is 0 Å². The van der Waals surface area contributed by atoms with Crippen LogP contribution in [-0.2, 0) is 19.2 Å². The average Bonchev–Trinajstić information content (AvgIpc) is 3.43. The Bertz CT molecular complexity index is 1120. The molecule has 0 aromatic heterocycles. The summed E-state index contributed by atoms with van der Waals surface area (Å²) >= 11 is 6.10. The first-order valence-corrected chi connectivity index (χ1v) is 37.9. The first kappa shape index (κ1) is 78.0. The molecule has 0 spiro atoms. The standard InChI is InChI=1S/C67H131N3O4S4/c1-6-10-14-18-22-26-30-34-38-42-60-75-64(71)48-56-69(57-49-65(72)76-61-43-39-35-31-27-23-19-15-11-7-2)54-46-52-68(5)53-47-55-70(58-50-66(73)77-62-44-40-36-32-28-24-20-16-12-8-3)59-51-67(74)78-63-45-41-37-33-29-25-21-17-13-9-4/h6-63H2,1-5H3. The molecular weight excluding hydrogens is 1040 g/mol. The molecule has 0 saturated carbocycles. The lowest BCUT2D eigenvalue weighted by atomic mass is 10.1. The summed E-state index contributed by atoms with van der Waals surface area (Å²) in [5.74, 6) is 3.70. The van der Waals surface area contributed by atoms with E-state index in [1.54, 1.807) is 0 Å². The first-order chi connectivity index (χ1) is 38.2. The monoisotopic (exact) mass is 1170 g/mol. The van der Waals surface area contributed by atoms with Gasteiger partial charge >= 0.3 is 0 Å². The van der Waals surface area contributed by atoms with Crippen molar-refractivity contribution in [3.63, 3.8) is 0 Å². The minimum absolute atomic E-state index is 0.294. The molecule has 0 bridgehead atoms. The van der Waals surface area contributed by atoms with Crippen molar-refractivity contribution in [3.8, 4) is 0 Å². The number of rotatable bonds is 64. The third-order valence-corrected chi connectivity index (χ3v) is 19.7. The molecule has 0 heterocycles. The Balaban J connectivity index is 5.04. The summed E-state index contributed by atoms with van der Waals surface area (Å²) in [6, 6.07) is 0. The molecule has 0 aromatic carbocycles. The number of nitrogens with zero attached hydrogens (tertiary/aromatic N) is 3. The molecule has 78 heavy (non-hydrogen) atoms. The van der Waals surface area contributed by atoms with E-state index in [2.05, 4.69) is 49.4 Å². The minimum atomic E-state index is 0.294. The molecule has 0 fully saturated rings. The van der Waals surface area contributed by atoms with Gasteiger partial charge in [0.2, 0.25) is 0 Å². The maximum atomic E-state index is 13.1. The van der Waals surface area contributed by atoms with Gasteiger partial charge in [-0.25, -0.2) is 0 Å². The average molecular weight is 1170 g/mol. The molecule has 0 saturated heterocycles. The Morgan fingerprint density at radius 1 is 0.231 bits per heavy atom. The molecule has 11 heteroatoms. The van der Waals surface area contributed by atoms with Gasteiger partial charge in [-0.3, -0.25) is 19.2 Å². The Labute approximate surface area is 503 Å². The lowest BCUT2D eigenvalue weighted by Gasteiger charge is -2.25. The highest BCUT2D eigenvalue weighted by atomic mass is 32.2. The molecule has 0 aromatic rings. The Kier molecular flexibility index (Phi) is 64.5. The molecule has 0 aliphatic heterocycles. The van der Waals surface area contributed by atoms with Crippen molar-refractivity contribution in [1.29, 1.82) is 0 Å². The summed E-state index contributed by atoms with van der Waals surface area (Å²) < 4.78 is 0. The fraction of sp³-hybridized carbons (Fsp3) is 0.940. The van der Waals surface area contributed by atoms with Crippen molar-refractivity contribution in [3.05, 3.63) is 0 Å². The quantitative estimate of drug-likeness (QED) is 0.0547. The number of thioether (sulfide) groups is 4. The summed E-state index contributed by atoms with van der Waals surface area (Å²) in [7, 11) is 2.21. The van der Waals surface area contributed by atoms with E-state index in [4.69, 9.17) is 0 Å². The summed E-state index contributed by atoms with van der Waals surface area (Å²) in [6.45, 7) is 15.7. The van der Waals surface area contributed by atoms with Crippen LogP contribution in [-0.4, -0.2) is 118 Å². The van der Waals surface area contributed by atoms with Crippen LogP contribution in [0.2, 0.25) is 0 Å². The topological polar surface area (TPSA) is 78.0 Å². The fourth-order valence-electron chi connectivity index (χ4n) is 10.3. The lowest BCUT2D eigenvalue weighted by Crippen LogP contribution is -2.33. The minimum Gasteiger partial charge on any atom is -0.306 e. The van der Waals surface area contributed by atoms with Crippen LogP contribution in [0.4, 0.5) is 0 Å². The Morgan fingerprint density at radius 2 is 0.410 bits per heavy atom. The van der Waals surface area contributed by atoms with Gasteiger partial charge in [0.05, 0.1) is 0 Å². The molecule has 7 nitrogen and oxygen atoms in total. The number of hydrogen-bond donors (Lipinski definition) is 0. The smallest absolute Gasteiger partial charge is 0.190 e. The highest BCUT2D eigenvalue weighted by Gasteiger charge is 2.15. The number of carbonyl (C=O) groups excluding carboxylic acids is 4. The van der Waals surface area contributed by atoms with E-state index >= 15 is 0 Å². The van der Waals surface area contributed by atoms with Crippen LogP contribution in [0.25, 0.3) is 0 Å². The molecule has 462 valence electrons. The third-order valence-electron chi connectivity index (χ3n) is 15.6. The largest absolute Gasteiger partial charge is 0.306 e. The second kappa shape index (κ2) is 64.5. The van der Waals surface area contributed by atoms with Crippen LogP contribution in [0.3, 0.4) is 0 Å². The van der Waals surface area contributed by atoms with Crippen LogP contribution in [0.15, 0.2) is 0 Å². The summed E-state index contributed by atoms with van der Waals surface area (Å²) in [6.07, 6.45) is 56.7. The van der Waals surface area contributed by atoms with Gasteiger partial charge in [-0.2, -0.15) is 0 Å². The zero-order valence-corrected chi connectivity index (χ0v) is 55.9. The molecule has 0 radical (unpaired) electrons. The van der Waals surface area contributed by atoms with Crippen molar-refractivity contribution >= 4 is 67.5 Å². The van der Waals surface area contributed by atoms with Crippen molar-refractivity contribution in [1.82, 2.24) is 14.7 Å². The van der Waals surface area contributed by atoms with Crippen LogP contribution in [0.1, 0.15) is 323 Å². The fourth-order valence-corrected chi connectivity index (χ4v) is 13.5. The second-order valence-electron chi connectivity index (χ2n) is 23.3. The number of unbranched alkanes of at least 4 members (excludes halogenated alkanes) is 36. The Hall–Kier alpha value is -0.0400. The molecule has 0 atom stereocenters. The van der Waals surface area contributed by atoms with Crippen molar-refractivity contribution in [2.24, 2.45) is 0 Å². The lowest BCUT2D eigenvalue weighted by molar-refractivity contribution is -0.112. The van der Waals surface area contributed by atoms with E-state index in [1.165, 1.54) is 278 Å². The van der Waals surface area contributed by atoms with E-state index in [9.17, 15) is 19.2 Å². The van der Waals surface area contributed by atoms with E-state index in [0.717, 1.165) is 114 Å². The van der Waals surface area contributed by atoms with Gasteiger partial charge in [0.15, 0.2) is 20.5 Å². The van der Waals surface area contributed by atoms with Crippen LogP contribution in [0.5, 0.6) is 0 Å². The molecule has 0 aliphatic carbocycles. The summed E-state index contributed by atoms with van der Waals surface area (Å²) in [4.78, 5) is 59.4. The second-order valence-corrected chi connectivity index (χ2v) is 27.9. The molecule has 0 N–H and O–H groups in total. The van der Waals surface area contributed by atoms with Gasteiger partial charge in [-0.15, -0.1) is 0 Å². The van der Waals surface area contributed by atoms with Gasteiger partial charge in [0.25, 0.3) is 0 Å². The molecule has 0 aliphatic rings. The van der Waals surface area contributed by atoms with Crippen LogP contribution >= 0.6 is 47.0 Å². The third kappa shape index (κ3) is 60.5. The van der Waals surface area contributed by atoms with Crippen molar-refractivity contribution < 1.29 is 19.2 Å². The van der Waals surface area contributed by atoms with Gasteiger partial charge in [0.1, 0.15) is 0 Å². The van der Waals surface area contributed by atoms with Crippen molar-refractivity contribution in [2.75, 3.05) is 82.4 Å². The number of hydrogen-bond acceptors (Lipinski definition) is 11. The van der Waals surface area contributed by atoms with Crippen LogP contribution < -0.4 is 0 Å². The number of carbonyl (C=O) groups is 4. The van der Waals surface area contributed by atoms with Gasteiger partial charge in [-0.05, 0) is 71.8 Å². The Morgan fingerprint density at radius 3 is 0.603 bits per heavy atom. The predicted octanol–water partition coefficient (Wildman–Crippen LogP) is 20.6. The van der Waals surface area contributed by atoms with Crippen LogP contribution in [0, 0.1) is 0 Å². The maximum Gasteiger partial charge on any atom is 0.190 e. The zero-order valence-electron chi connectivity index (χ0n) is 52.6. The molecular formula is C67H131N3O4S4. The molecule has 0 amide bonds. The summed E-state index contributed by atoms with van der Waals surface area (Å²) in [5.41, 5.74) is 0. The maximum absolute atomic E-state index is 13.1. The highest BCUT2D eigenvalue weighted by Crippen LogP contribution is 2.19.